The molecule has 1 saturated carbocycles. The standard InChI is InChI=1S/C23H39FN2O/c1-6-18(5)26(7-2)21-10-8-19(9-11-21)22(27)16-25-23(14-17(3)4)13-12-20(24)15-23/h8-11,17-18,20,22,25,27H,6-7,12-16H2,1-5H3. The molecule has 0 radical (unpaired) electrons. The Kier molecular flexibility index (Phi) is 8.11. The minimum absolute atomic E-state index is 0.163. The van der Waals surface area contributed by atoms with Crippen molar-refractivity contribution < 1.29 is 9.50 Å². The van der Waals surface area contributed by atoms with E-state index >= 15 is 0 Å². The number of alkyl halides is 1. The second-order valence-electron chi connectivity index (χ2n) is 8.75. The van der Waals surface area contributed by atoms with Crippen LogP contribution in [-0.4, -0.2) is 35.9 Å². The van der Waals surface area contributed by atoms with Gasteiger partial charge in [0.25, 0.3) is 0 Å². The molecule has 2 N–H and O–H groups in total. The van der Waals surface area contributed by atoms with Gasteiger partial charge in [0.15, 0.2) is 0 Å². The van der Waals surface area contributed by atoms with Gasteiger partial charge in [-0.25, -0.2) is 4.39 Å². The molecule has 1 fully saturated rings. The SMILES string of the molecule is CCC(C)N(CC)c1ccc(C(O)CNC2(CC(C)C)CCC(F)C2)cc1. The van der Waals surface area contributed by atoms with E-state index in [1.807, 2.05) is 12.1 Å². The molecule has 0 bridgehead atoms. The van der Waals surface area contributed by atoms with Crippen molar-refractivity contribution in [1.82, 2.24) is 5.32 Å². The quantitative estimate of drug-likeness (QED) is 0.584. The molecular formula is C23H39FN2O. The van der Waals surface area contributed by atoms with Gasteiger partial charge in [-0.2, -0.15) is 0 Å². The van der Waals surface area contributed by atoms with Crippen LogP contribution in [-0.2, 0) is 0 Å². The number of halogens is 1. The summed E-state index contributed by atoms with van der Waals surface area (Å²) in [6.07, 6.45) is 2.84. The normalized spacial score (nSPS) is 25.0. The number of aliphatic hydroxyl groups excluding tert-OH is 1. The zero-order valence-corrected chi connectivity index (χ0v) is 17.8. The van der Waals surface area contributed by atoms with E-state index in [-0.39, 0.29) is 5.54 Å². The van der Waals surface area contributed by atoms with E-state index in [2.05, 4.69) is 57.0 Å². The lowest BCUT2D eigenvalue weighted by Gasteiger charge is -2.33. The van der Waals surface area contributed by atoms with Crippen molar-refractivity contribution in [2.45, 2.75) is 90.6 Å². The Labute approximate surface area is 165 Å². The van der Waals surface area contributed by atoms with E-state index in [1.54, 1.807) is 0 Å². The molecule has 0 amide bonds. The number of benzene rings is 1. The van der Waals surface area contributed by atoms with Crippen LogP contribution in [0.1, 0.15) is 78.4 Å². The second-order valence-corrected chi connectivity index (χ2v) is 8.75. The molecule has 154 valence electrons. The molecule has 4 unspecified atom stereocenters. The van der Waals surface area contributed by atoms with E-state index < -0.39 is 12.3 Å². The predicted molar refractivity (Wildman–Crippen MR) is 113 cm³/mol. The van der Waals surface area contributed by atoms with E-state index in [9.17, 15) is 9.50 Å². The predicted octanol–water partition coefficient (Wildman–Crippen LogP) is 5.24. The van der Waals surface area contributed by atoms with Crippen molar-refractivity contribution in [2.75, 3.05) is 18.0 Å². The van der Waals surface area contributed by atoms with Crippen molar-refractivity contribution in [3.8, 4) is 0 Å². The molecule has 27 heavy (non-hydrogen) atoms. The number of hydrogen-bond donors (Lipinski definition) is 2. The van der Waals surface area contributed by atoms with Crippen LogP contribution < -0.4 is 10.2 Å². The summed E-state index contributed by atoms with van der Waals surface area (Å²) in [4.78, 5) is 2.38. The highest BCUT2D eigenvalue weighted by Gasteiger charge is 2.39. The van der Waals surface area contributed by atoms with Gasteiger partial charge in [0.2, 0.25) is 0 Å². The van der Waals surface area contributed by atoms with Crippen LogP contribution in [0.15, 0.2) is 24.3 Å². The Morgan fingerprint density at radius 2 is 1.89 bits per heavy atom. The Balaban J connectivity index is 2.00. The maximum atomic E-state index is 13.9. The van der Waals surface area contributed by atoms with Crippen molar-refractivity contribution >= 4 is 5.69 Å². The highest BCUT2D eigenvalue weighted by Crippen LogP contribution is 2.37. The topological polar surface area (TPSA) is 35.5 Å². The number of nitrogens with zero attached hydrogens (tertiary/aromatic N) is 1. The third-order valence-electron chi connectivity index (χ3n) is 6.09. The van der Waals surface area contributed by atoms with Crippen LogP contribution in [0.2, 0.25) is 0 Å². The minimum Gasteiger partial charge on any atom is -0.387 e. The fraction of sp³-hybridized carbons (Fsp3) is 0.739. The fourth-order valence-electron chi connectivity index (χ4n) is 4.55. The molecule has 4 atom stereocenters. The Morgan fingerprint density at radius 1 is 1.22 bits per heavy atom. The molecule has 0 heterocycles. The number of anilines is 1. The highest BCUT2D eigenvalue weighted by atomic mass is 19.1. The van der Waals surface area contributed by atoms with Gasteiger partial charge in [-0.3, -0.25) is 0 Å². The van der Waals surface area contributed by atoms with Crippen molar-refractivity contribution in [3.63, 3.8) is 0 Å². The molecule has 0 spiro atoms. The van der Waals surface area contributed by atoms with Gasteiger partial charge in [-0.05, 0) is 69.6 Å². The minimum atomic E-state index is -0.715. The molecule has 2 rings (SSSR count). The van der Waals surface area contributed by atoms with Gasteiger partial charge in [0.05, 0.1) is 6.10 Å². The average molecular weight is 379 g/mol. The summed E-state index contributed by atoms with van der Waals surface area (Å²) < 4.78 is 13.9. The van der Waals surface area contributed by atoms with Gasteiger partial charge in [-0.1, -0.05) is 32.9 Å². The van der Waals surface area contributed by atoms with Crippen molar-refractivity contribution in [2.24, 2.45) is 5.92 Å². The monoisotopic (exact) mass is 378 g/mol. The molecule has 3 nitrogen and oxygen atoms in total. The third-order valence-corrected chi connectivity index (χ3v) is 6.09. The number of aliphatic hydroxyl groups is 1. The maximum absolute atomic E-state index is 13.9. The summed E-state index contributed by atoms with van der Waals surface area (Å²) in [5.41, 5.74) is 1.95. The summed E-state index contributed by atoms with van der Waals surface area (Å²) in [5.74, 6) is 0.514. The lowest BCUT2D eigenvalue weighted by atomic mass is 9.87. The van der Waals surface area contributed by atoms with Gasteiger partial charge in [-0.15, -0.1) is 0 Å². The first-order valence-electron chi connectivity index (χ1n) is 10.7. The lowest BCUT2D eigenvalue weighted by Crippen LogP contribution is -2.46. The molecular weight excluding hydrogens is 339 g/mol. The summed E-state index contributed by atoms with van der Waals surface area (Å²) in [7, 11) is 0. The van der Waals surface area contributed by atoms with Gasteiger partial charge in [0, 0.05) is 30.4 Å². The Bertz CT molecular complexity index is 562. The number of β-amino-alcohol motifs (C(OH)–C–C–N with tert-alkyl or cyclic N) is 1. The lowest BCUT2D eigenvalue weighted by molar-refractivity contribution is 0.146. The molecule has 0 saturated heterocycles. The van der Waals surface area contributed by atoms with Crippen LogP contribution in [0.5, 0.6) is 0 Å². The van der Waals surface area contributed by atoms with E-state index in [4.69, 9.17) is 0 Å². The molecule has 1 aliphatic carbocycles. The first-order chi connectivity index (χ1) is 12.8. The van der Waals surface area contributed by atoms with Crippen LogP contribution in [0.25, 0.3) is 0 Å². The highest BCUT2D eigenvalue weighted by molar-refractivity contribution is 5.48. The molecule has 1 aliphatic rings. The Hall–Kier alpha value is -1.13. The maximum Gasteiger partial charge on any atom is 0.102 e. The molecule has 1 aromatic rings. The summed E-state index contributed by atoms with van der Waals surface area (Å²) in [6, 6.07) is 8.75. The number of nitrogens with one attached hydrogen (secondary N) is 1. The number of rotatable bonds is 10. The van der Waals surface area contributed by atoms with Crippen molar-refractivity contribution in [3.05, 3.63) is 29.8 Å². The van der Waals surface area contributed by atoms with Gasteiger partial charge in [0.1, 0.15) is 6.17 Å². The fourth-order valence-corrected chi connectivity index (χ4v) is 4.55. The Morgan fingerprint density at radius 3 is 2.37 bits per heavy atom. The first-order valence-corrected chi connectivity index (χ1v) is 10.7. The van der Waals surface area contributed by atoms with Crippen molar-refractivity contribution in [1.29, 1.82) is 0 Å². The molecule has 0 aliphatic heterocycles. The molecule has 4 heteroatoms. The first kappa shape index (κ1) is 22.2. The molecule has 0 aromatic heterocycles. The largest absolute Gasteiger partial charge is 0.387 e. The smallest absolute Gasteiger partial charge is 0.102 e. The van der Waals surface area contributed by atoms with E-state index in [1.165, 1.54) is 5.69 Å². The zero-order valence-electron chi connectivity index (χ0n) is 17.8. The van der Waals surface area contributed by atoms with Gasteiger partial charge < -0.3 is 15.3 Å². The average Bonchev–Trinajstić information content (AvgIpc) is 3.00. The van der Waals surface area contributed by atoms with Gasteiger partial charge >= 0.3 is 0 Å². The third kappa shape index (κ3) is 5.92. The molecule has 1 aromatic carbocycles. The van der Waals surface area contributed by atoms with Crippen LogP contribution in [0, 0.1) is 5.92 Å². The summed E-state index contributed by atoms with van der Waals surface area (Å²) >= 11 is 0. The van der Waals surface area contributed by atoms with Crippen LogP contribution in [0.3, 0.4) is 0 Å². The number of hydrogen-bond acceptors (Lipinski definition) is 3. The van der Waals surface area contributed by atoms with E-state index in [0.717, 1.165) is 31.4 Å². The van der Waals surface area contributed by atoms with Crippen LogP contribution >= 0.6 is 0 Å². The second kappa shape index (κ2) is 9.88. The van der Waals surface area contributed by atoms with Crippen LogP contribution in [0.4, 0.5) is 10.1 Å². The summed E-state index contributed by atoms with van der Waals surface area (Å²) in [5, 5.41) is 14.2. The zero-order chi connectivity index (χ0) is 20.0. The van der Waals surface area contributed by atoms with E-state index in [0.29, 0.717) is 31.3 Å². The summed E-state index contributed by atoms with van der Waals surface area (Å²) in [6.45, 7) is 12.4.